The van der Waals surface area contributed by atoms with E-state index in [4.69, 9.17) is 0 Å². The van der Waals surface area contributed by atoms with Crippen molar-refractivity contribution in [2.24, 2.45) is 0 Å². The number of nitrogens with zero attached hydrogens (tertiary/aromatic N) is 1. The lowest BCUT2D eigenvalue weighted by molar-refractivity contribution is -0.757. The van der Waals surface area contributed by atoms with Gasteiger partial charge in [0.25, 0.3) is 0 Å². The van der Waals surface area contributed by atoms with Gasteiger partial charge in [0.15, 0.2) is 11.7 Å². The van der Waals surface area contributed by atoms with Crippen molar-refractivity contribution >= 4 is 0 Å². The highest BCUT2D eigenvalue weighted by molar-refractivity contribution is 5.74. The molecule has 2 aliphatic rings. The molecule has 36 heavy (non-hydrogen) atoms. The number of benzene rings is 2. The lowest BCUT2D eigenvalue weighted by atomic mass is 9.82. The van der Waals surface area contributed by atoms with Crippen molar-refractivity contribution in [1.29, 1.82) is 0 Å². The van der Waals surface area contributed by atoms with Crippen molar-refractivity contribution in [3.8, 4) is 22.4 Å². The summed E-state index contributed by atoms with van der Waals surface area (Å²) in [6.45, 7) is 16.8. The molecule has 1 nitrogen and oxygen atoms in total. The molecule has 5 rings (SSSR count). The highest BCUT2D eigenvalue weighted by atomic mass is 15.1. The number of pyridine rings is 1. The largest absolute Gasteiger partial charge is 0.213 e. The van der Waals surface area contributed by atoms with E-state index in [9.17, 15) is 0 Å². The van der Waals surface area contributed by atoms with Gasteiger partial charge in [-0.05, 0) is 70.4 Å². The molecule has 3 aromatic rings. The summed E-state index contributed by atoms with van der Waals surface area (Å²) in [5.74, 6) is 0. The maximum absolute atomic E-state index is 2.72. The predicted octanol–water partition coefficient (Wildman–Crippen LogP) is 9.07. The van der Waals surface area contributed by atoms with Crippen LogP contribution in [0.5, 0.6) is 0 Å². The van der Waals surface area contributed by atoms with Gasteiger partial charge in [-0.15, -0.1) is 0 Å². The topological polar surface area (TPSA) is 3.88 Å². The van der Waals surface area contributed by atoms with Gasteiger partial charge in [-0.25, -0.2) is 0 Å². The Morgan fingerprint density at radius 1 is 0.806 bits per heavy atom. The minimum atomic E-state index is 0.173. The molecule has 0 spiro atoms. The van der Waals surface area contributed by atoms with E-state index in [1.807, 2.05) is 0 Å². The molecule has 0 atom stereocenters. The molecule has 0 radical (unpaired) electrons. The first-order chi connectivity index (χ1) is 17.1. The normalized spacial score (nSPS) is 18.8. The fourth-order valence-electron chi connectivity index (χ4n) is 7.48. The quantitative estimate of drug-likeness (QED) is 0.310. The van der Waals surface area contributed by atoms with E-state index in [1.54, 1.807) is 11.1 Å². The van der Waals surface area contributed by atoms with Crippen LogP contribution in [0.2, 0.25) is 0 Å². The minimum absolute atomic E-state index is 0.173. The third-order valence-corrected chi connectivity index (χ3v) is 9.58. The molecule has 0 amide bonds. The number of fused-ring (bicyclic) bond motifs is 4. The third-order valence-electron chi connectivity index (χ3n) is 9.58. The number of hydrogen-bond donors (Lipinski definition) is 0. The Morgan fingerprint density at radius 3 is 2.25 bits per heavy atom. The van der Waals surface area contributed by atoms with Crippen LogP contribution in [-0.4, -0.2) is 0 Å². The van der Waals surface area contributed by atoms with Crippen molar-refractivity contribution in [3.05, 3.63) is 77.0 Å². The summed E-state index contributed by atoms with van der Waals surface area (Å²) < 4.78 is 2.72. The zero-order valence-electron chi connectivity index (χ0n) is 23.8. The second-order valence-corrected chi connectivity index (χ2v) is 12.9. The lowest BCUT2D eigenvalue weighted by Crippen LogP contribution is -2.57. The van der Waals surface area contributed by atoms with E-state index in [0.717, 1.165) is 6.42 Å². The third kappa shape index (κ3) is 4.13. The predicted molar refractivity (Wildman–Crippen MR) is 154 cm³/mol. The molecule has 0 saturated heterocycles. The van der Waals surface area contributed by atoms with E-state index < -0.39 is 0 Å². The first kappa shape index (κ1) is 25.2. The zero-order valence-corrected chi connectivity index (χ0v) is 23.8. The minimum Gasteiger partial charge on any atom is -0.193 e. The first-order valence-electron chi connectivity index (χ1n) is 14.5. The molecule has 1 aliphatic heterocycles. The Bertz CT molecular complexity index is 1270. The molecule has 0 bridgehead atoms. The molecule has 2 aromatic carbocycles. The van der Waals surface area contributed by atoms with Gasteiger partial charge < -0.3 is 0 Å². The standard InChI is InChI=1S/C35H46N/c1-8-11-13-25-14-12-15-27(20-25)28-17-16-26-18-19-35(9-2,10-3)36-23-31-30(22-32(36)29(26)21-28)33(4,5)24-34(31,6)7/h12,14-17,20-23H,8-11,13,18-19,24H2,1-7H3/q+1. The smallest absolute Gasteiger partial charge is 0.193 e. The summed E-state index contributed by atoms with van der Waals surface area (Å²) in [6.07, 6.45) is 12.2. The summed E-state index contributed by atoms with van der Waals surface area (Å²) in [7, 11) is 0. The van der Waals surface area contributed by atoms with Crippen molar-refractivity contribution in [3.63, 3.8) is 0 Å². The number of unbranched alkanes of at least 4 members (excludes halogenated alkanes) is 1. The lowest BCUT2D eigenvalue weighted by Gasteiger charge is -2.28. The summed E-state index contributed by atoms with van der Waals surface area (Å²) >= 11 is 0. The molecule has 190 valence electrons. The average molecular weight is 481 g/mol. The van der Waals surface area contributed by atoms with Crippen LogP contribution in [0.3, 0.4) is 0 Å². The van der Waals surface area contributed by atoms with Crippen molar-refractivity contribution < 1.29 is 4.57 Å². The molecule has 0 fully saturated rings. The number of aromatic nitrogens is 1. The second-order valence-electron chi connectivity index (χ2n) is 12.9. The van der Waals surface area contributed by atoms with Crippen LogP contribution in [-0.2, 0) is 29.2 Å². The number of rotatable bonds is 6. The highest BCUT2D eigenvalue weighted by Crippen LogP contribution is 2.50. The van der Waals surface area contributed by atoms with Gasteiger partial charge in [0.1, 0.15) is 0 Å². The molecule has 1 aliphatic carbocycles. The van der Waals surface area contributed by atoms with Crippen LogP contribution in [0, 0.1) is 0 Å². The van der Waals surface area contributed by atoms with Crippen LogP contribution in [0.25, 0.3) is 22.4 Å². The monoisotopic (exact) mass is 480 g/mol. The van der Waals surface area contributed by atoms with Gasteiger partial charge in [0, 0.05) is 36.5 Å². The van der Waals surface area contributed by atoms with Gasteiger partial charge in [-0.1, -0.05) is 91.3 Å². The highest BCUT2D eigenvalue weighted by Gasteiger charge is 2.48. The molecule has 1 heteroatoms. The zero-order chi connectivity index (χ0) is 25.7. The van der Waals surface area contributed by atoms with E-state index in [2.05, 4.69) is 108 Å². The van der Waals surface area contributed by atoms with Crippen LogP contribution in [0.4, 0.5) is 0 Å². The van der Waals surface area contributed by atoms with Crippen molar-refractivity contribution in [2.45, 2.75) is 116 Å². The van der Waals surface area contributed by atoms with Gasteiger partial charge in [-0.3, -0.25) is 0 Å². The Morgan fingerprint density at radius 2 is 1.53 bits per heavy atom. The molecule has 0 saturated carbocycles. The maximum atomic E-state index is 2.72. The molecular formula is C35H46N+. The fourth-order valence-corrected chi connectivity index (χ4v) is 7.48. The molecule has 0 unspecified atom stereocenters. The van der Waals surface area contributed by atoms with Crippen LogP contribution in [0.15, 0.2) is 54.7 Å². The fraction of sp³-hybridized carbons (Fsp3) is 0.514. The molecule has 2 heterocycles. The molecular weight excluding hydrogens is 434 g/mol. The SMILES string of the molecule is CCCCc1cccc(-c2ccc3c(c2)-c2cc4c(c[n+]2C(CC)(CC)CC3)C(C)(C)CC4(C)C)c1. The average Bonchev–Trinajstić information content (AvgIpc) is 2.97. The van der Waals surface area contributed by atoms with Gasteiger partial charge in [0.2, 0.25) is 5.69 Å². The summed E-state index contributed by atoms with van der Waals surface area (Å²) in [4.78, 5) is 0. The van der Waals surface area contributed by atoms with E-state index in [1.165, 1.54) is 78.5 Å². The summed E-state index contributed by atoms with van der Waals surface area (Å²) in [5.41, 5.74) is 12.2. The van der Waals surface area contributed by atoms with Gasteiger partial charge in [0.05, 0.1) is 0 Å². The number of aryl methyl sites for hydroxylation is 2. The Labute approximate surface area is 220 Å². The van der Waals surface area contributed by atoms with E-state index in [0.29, 0.717) is 0 Å². The Kier molecular flexibility index (Phi) is 6.42. The Balaban J connectivity index is 1.72. The number of hydrogen-bond acceptors (Lipinski definition) is 0. The van der Waals surface area contributed by atoms with Crippen molar-refractivity contribution in [2.75, 3.05) is 0 Å². The van der Waals surface area contributed by atoms with Crippen LogP contribution >= 0.6 is 0 Å². The van der Waals surface area contributed by atoms with Crippen molar-refractivity contribution in [1.82, 2.24) is 0 Å². The van der Waals surface area contributed by atoms with Crippen LogP contribution < -0.4 is 4.57 Å². The molecule has 0 N–H and O–H groups in total. The van der Waals surface area contributed by atoms with Gasteiger partial charge >= 0.3 is 0 Å². The first-order valence-corrected chi connectivity index (χ1v) is 14.5. The van der Waals surface area contributed by atoms with Gasteiger partial charge in [-0.2, -0.15) is 4.57 Å². The summed E-state index contributed by atoms with van der Waals surface area (Å²) in [5, 5.41) is 0. The van der Waals surface area contributed by atoms with Crippen LogP contribution in [0.1, 0.15) is 109 Å². The Hall–Kier alpha value is -2.41. The van der Waals surface area contributed by atoms with E-state index in [-0.39, 0.29) is 16.4 Å². The molecule has 1 aromatic heterocycles. The maximum Gasteiger partial charge on any atom is 0.213 e. The second kappa shape index (κ2) is 9.16. The van der Waals surface area contributed by atoms with E-state index >= 15 is 0 Å². The summed E-state index contributed by atoms with van der Waals surface area (Å²) in [6, 6.07) is 19.1.